The zero-order valence-electron chi connectivity index (χ0n) is 12.6. The van der Waals surface area contributed by atoms with Crippen molar-refractivity contribution in [2.75, 3.05) is 0 Å². The van der Waals surface area contributed by atoms with Crippen LogP contribution in [0.25, 0.3) is 0 Å². The third-order valence-corrected chi connectivity index (χ3v) is 3.55. The number of pyridine rings is 1. The van der Waals surface area contributed by atoms with Gasteiger partial charge in [-0.25, -0.2) is 4.79 Å². The molecule has 0 bridgehead atoms. The number of carbonyl (C=O) groups is 1. The average molecular weight is 337 g/mol. The van der Waals surface area contributed by atoms with E-state index in [4.69, 9.17) is 16.4 Å². The predicted octanol–water partition coefficient (Wildman–Crippen LogP) is 4.34. The van der Waals surface area contributed by atoms with Crippen LogP contribution in [0.3, 0.4) is 0 Å². The second-order valence-corrected chi connectivity index (χ2v) is 5.36. The van der Waals surface area contributed by atoms with Gasteiger partial charge in [-0.1, -0.05) is 47.1 Å². The Morgan fingerprint density at radius 1 is 0.833 bits per heavy atom. The number of hydrogen-bond acceptors (Lipinski definition) is 4. The fourth-order valence-electron chi connectivity index (χ4n) is 2.10. The van der Waals surface area contributed by atoms with Crippen molar-refractivity contribution < 1.29 is 9.63 Å². The zero-order chi connectivity index (χ0) is 16.8. The van der Waals surface area contributed by atoms with Crippen LogP contribution in [-0.4, -0.2) is 16.7 Å². The summed E-state index contributed by atoms with van der Waals surface area (Å²) in [6, 6.07) is 19.4. The Kier molecular flexibility index (Phi) is 4.99. The molecule has 118 valence electrons. The molecule has 0 unspecified atom stereocenters. The van der Waals surface area contributed by atoms with Gasteiger partial charge in [0.05, 0.1) is 5.56 Å². The SMILES string of the molecule is O=C(O/N=C(/c1ccncc1)c1ccc(Cl)cc1)c1ccccc1. The lowest BCUT2D eigenvalue weighted by Gasteiger charge is -2.07. The highest BCUT2D eigenvalue weighted by molar-refractivity contribution is 6.30. The van der Waals surface area contributed by atoms with Crippen LogP contribution < -0.4 is 0 Å². The van der Waals surface area contributed by atoms with Crippen molar-refractivity contribution in [2.45, 2.75) is 0 Å². The monoisotopic (exact) mass is 336 g/mol. The summed E-state index contributed by atoms with van der Waals surface area (Å²) >= 11 is 5.93. The number of carbonyl (C=O) groups excluding carboxylic acids is 1. The largest absolute Gasteiger partial charge is 0.365 e. The highest BCUT2D eigenvalue weighted by atomic mass is 35.5. The molecule has 4 nitrogen and oxygen atoms in total. The minimum atomic E-state index is -0.517. The van der Waals surface area contributed by atoms with E-state index in [0.29, 0.717) is 16.3 Å². The maximum Gasteiger partial charge on any atom is 0.365 e. The van der Waals surface area contributed by atoms with E-state index < -0.39 is 5.97 Å². The molecular formula is C19H13ClN2O2. The first kappa shape index (κ1) is 15.9. The quantitative estimate of drug-likeness (QED) is 0.404. The Hall–Kier alpha value is -2.98. The molecule has 3 aromatic rings. The van der Waals surface area contributed by atoms with Crippen LogP contribution in [-0.2, 0) is 4.84 Å². The van der Waals surface area contributed by atoms with E-state index in [0.717, 1.165) is 11.1 Å². The van der Waals surface area contributed by atoms with Crippen LogP contribution in [0.5, 0.6) is 0 Å². The molecule has 0 spiro atoms. The van der Waals surface area contributed by atoms with Gasteiger partial charge in [-0.05, 0) is 36.4 Å². The van der Waals surface area contributed by atoms with Gasteiger partial charge in [-0.3, -0.25) is 4.98 Å². The number of benzene rings is 2. The summed E-state index contributed by atoms with van der Waals surface area (Å²) < 4.78 is 0. The van der Waals surface area contributed by atoms with Crippen LogP contribution in [0, 0.1) is 0 Å². The Labute approximate surface area is 144 Å². The number of rotatable bonds is 4. The van der Waals surface area contributed by atoms with Gasteiger partial charge in [-0.2, -0.15) is 0 Å². The van der Waals surface area contributed by atoms with E-state index in [9.17, 15) is 4.79 Å². The molecule has 0 amide bonds. The Morgan fingerprint density at radius 2 is 1.46 bits per heavy atom. The molecule has 1 aromatic heterocycles. The van der Waals surface area contributed by atoms with Crippen LogP contribution in [0.1, 0.15) is 21.5 Å². The molecule has 0 fully saturated rings. The van der Waals surface area contributed by atoms with Gasteiger partial charge in [-0.15, -0.1) is 0 Å². The molecule has 0 aliphatic carbocycles. The van der Waals surface area contributed by atoms with E-state index in [1.165, 1.54) is 0 Å². The van der Waals surface area contributed by atoms with Gasteiger partial charge < -0.3 is 4.84 Å². The van der Waals surface area contributed by atoms with Crippen LogP contribution >= 0.6 is 11.6 Å². The third-order valence-electron chi connectivity index (χ3n) is 3.30. The standard InChI is InChI=1S/C19H13ClN2O2/c20-17-8-6-14(7-9-17)18(15-10-12-21-13-11-15)22-24-19(23)16-4-2-1-3-5-16/h1-13H/b22-18+. The summed E-state index contributed by atoms with van der Waals surface area (Å²) in [4.78, 5) is 21.2. The first-order valence-electron chi connectivity index (χ1n) is 7.25. The molecule has 0 saturated carbocycles. The lowest BCUT2D eigenvalue weighted by molar-refractivity contribution is 0.0517. The van der Waals surface area contributed by atoms with Gasteiger partial charge in [0.1, 0.15) is 5.71 Å². The van der Waals surface area contributed by atoms with E-state index >= 15 is 0 Å². The molecule has 5 heteroatoms. The van der Waals surface area contributed by atoms with Crippen LogP contribution in [0.4, 0.5) is 0 Å². The summed E-state index contributed by atoms with van der Waals surface area (Å²) in [7, 11) is 0. The van der Waals surface area contributed by atoms with Gasteiger partial charge in [0.2, 0.25) is 0 Å². The molecule has 0 radical (unpaired) electrons. The first-order valence-corrected chi connectivity index (χ1v) is 7.62. The second kappa shape index (κ2) is 7.53. The lowest BCUT2D eigenvalue weighted by atomic mass is 10.0. The van der Waals surface area contributed by atoms with E-state index in [1.54, 1.807) is 60.9 Å². The molecule has 0 saturated heterocycles. The summed E-state index contributed by atoms with van der Waals surface area (Å²) in [5.74, 6) is -0.517. The van der Waals surface area contributed by atoms with Gasteiger partial charge >= 0.3 is 5.97 Å². The number of nitrogens with zero attached hydrogens (tertiary/aromatic N) is 2. The Bertz CT molecular complexity index is 848. The molecule has 0 aliphatic heterocycles. The maximum atomic E-state index is 12.1. The molecule has 0 N–H and O–H groups in total. The number of aromatic nitrogens is 1. The van der Waals surface area contributed by atoms with E-state index in [1.807, 2.05) is 18.2 Å². The highest BCUT2D eigenvalue weighted by Gasteiger charge is 2.11. The topological polar surface area (TPSA) is 51.5 Å². The molecular weight excluding hydrogens is 324 g/mol. The van der Waals surface area contributed by atoms with Crippen LogP contribution in [0.2, 0.25) is 5.02 Å². The average Bonchev–Trinajstić information content (AvgIpc) is 2.65. The van der Waals surface area contributed by atoms with Crippen molar-refractivity contribution in [1.82, 2.24) is 4.98 Å². The minimum absolute atomic E-state index is 0.437. The summed E-state index contributed by atoms with van der Waals surface area (Å²) in [5, 5.41) is 4.69. The third kappa shape index (κ3) is 3.86. The summed E-state index contributed by atoms with van der Waals surface area (Å²) in [6.45, 7) is 0. The first-order chi connectivity index (χ1) is 11.7. The summed E-state index contributed by atoms with van der Waals surface area (Å²) in [6.07, 6.45) is 3.31. The molecule has 3 rings (SSSR count). The second-order valence-electron chi connectivity index (χ2n) is 4.93. The fraction of sp³-hybridized carbons (Fsp3) is 0. The van der Waals surface area contributed by atoms with Crippen molar-refractivity contribution in [3.05, 3.63) is 101 Å². The molecule has 0 aliphatic rings. The predicted molar refractivity (Wildman–Crippen MR) is 93.2 cm³/mol. The maximum absolute atomic E-state index is 12.1. The smallest absolute Gasteiger partial charge is 0.312 e. The van der Waals surface area contributed by atoms with Crippen molar-refractivity contribution >= 4 is 23.3 Å². The highest BCUT2D eigenvalue weighted by Crippen LogP contribution is 2.15. The number of oxime groups is 1. The minimum Gasteiger partial charge on any atom is -0.312 e. The van der Waals surface area contributed by atoms with Crippen LogP contribution in [0.15, 0.2) is 84.3 Å². The van der Waals surface area contributed by atoms with Gasteiger partial charge in [0.25, 0.3) is 0 Å². The fourth-order valence-corrected chi connectivity index (χ4v) is 2.23. The van der Waals surface area contributed by atoms with Crippen molar-refractivity contribution in [2.24, 2.45) is 5.16 Å². The van der Waals surface area contributed by atoms with Crippen molar-refractivity contribution in [3.8, 4) is 0 Å². The molecule has 0 atom stereocenters. The van der Waals surface area contributed by atoms with Crippen molar-refractivity contribution in [1.29, 1.82) is 0 Å². The Balaban J connectivity index is 1.93. The lowest BCUT2D eigenvalue weighted by Crippen LogP contribution is -2.08. The Morgan fingerprint density at radius 3 is 2.12 bits per heavy atom. The van der Waals surface area contributed by atoms with Gasteiger partial charge in [0.15, 0.2) is 0 Å². The van der Waals surface area contributed by atoms with Crippen molar-refractivity contribution in [3.63, 3.8) is 0 Å². The molecule has 1 heterocycles. The molecule has 2 aromatic carbocycles. The van der Waals surface area contributed by atoms with Gasteiger partial charge in [0, 0.05) is 28.5 Å². The normalized spacial score (nSPS) is 11.1. The zero-order valence-corrected chi connectivity index (χ0v) is 13.4. The van der Waals surface area contributed by atoms with E-state index in [2.05, 4.69) is 10.1 Å². The summed E-state index contributed by atoms with van der Waals surface area (Å²) in [5.41, 5.74) is 2.53. The van der Waals surface area contributed by atoms with E-state index in [-0.39, 0.29) is 0 Å². The number of hydrogen-bond donors (Lipinski definition) is 0. The number of halogens is 1. The molecule has 24 heavy (non-hydrogen) atoms.